The molecule has 0 radical (unpaired) electrons. The number of aliphatic hydroxyl groups is 1. The normalized spacial score (nSPS) is 26.3. The predicted molar refractivity (Wildman–Crippen MR) is 113 cm³/mol. The Hall–Kier alpha value is -2.01. The molecule has 2 aromatic rings. The fourth-order valence-electron chi connectivity index (χ4n) is 4.37. The lowest BCUT2D eigenvalue weighted by atomic mass is 9.67. The van der Waals surface area contributed by atoms with E-state index in [1.165, 1.54) is 0 Å². The summed E-state index contributed by atoms with van der Waals surface area (Å²) in [6.07, 6.45) is -0.0777. The molecule has 2 unspecified atom stereocenters. The van der Waals surface area contributed by atoms with Crippen molar-refractivity contribution < 1.29 is 19.0 Å². The molecule has 0 bridgehead atoms. The highest BCUT2D eigenvalue weighted by molar-refractivity contribution is 5.94. The second kappa shape index (κ2) is 5.78. The number of benzene rings is 1. The first-order valence-corrected chi connectivity index (χ1v) is 10.4. The Kier molecular flexibility index (Phi) is 4.04. The van der Waals surface area contributed by atoms with Crippen LogP contribution in [0.15, 0.2) is 9.21 Å². The highest BCUT2D eigenvalue weighted by atomic mass is 16.5. The smallest absolute Gasteiger partial charge is 0.339 e. The van der Waals surface area contributed by atoms with E-state index in [1.54, 1.807) is 6.92 Å². The average Bonchev–Trinajstić information content (AvgIpc) is 2.59. The van der Waals surface area contributed by atoms with E-state index < -0.39 is 22.7 Å². The van der Waals surface area contributed by atoms with Gasteiger partial charge in [0, 0.05) is 16.5 Å². The fraction of sp³-hybridized carbons (Fsp3) is 0.625. The van der Waals surface area contributed by atoms with Crippen LogP contribution in [0.1, 0.15) is 76.8 Å². The van der Waals surface area contributed by atoms with E-state index in [0.29, 0.717) is 28.2 Å². The van der Waals surface area contributed by atoms with E-state index >= 15 is 0 Å². The topological polar surface area (TPSA) is 68.9 Å². The van der Waals surface area contributed by atoms with Gasteiger partial charge >= 0.3 is 5.63 Å². The molecule has 0 saturated carbocycles. The predicted octanol–water partition coefficient (Wildman–Crippen LogP) is 4.99. The van der Waals surface area contributed by atoms with Crippen molar-refractivity contribution in [1.82, 2.24) is 0 Å². The van der Waals surface area contributed by atoms with Crippen LogP contribution in [-0.2, 0) is 6.42 Å². The van der Waals surface area contributed by atoms with E-state index in [0.717, 1.165) is 22.9 Å². The molecule has 0 amide bonds. The summed E-state index contributed by atoms with van der Waals surface area (Å²) in [5.41, 5.74) is 1.34. The van der Waals surface area contributed by atoms with Gasteiger partial charge in [0.25, 0.3) is 0 Å². The van der Waals surface area contributed by atoms with E-state index in [9.17, 15) is 9.90 Å². The van der Waals surface area contributed by atoms with Crippen LogP contribution in [0.2, 0.25) is 0 Å². The summed E-state index contributed by atoms with van der Waals surface area (Å²) in [6, 6.07) is 0. The number of aliphatic hydroxyl groups excluding tert-OH is 1. The summed E-state index contributed by atoms with van der Waals surface area (Å²) in [5.74, 6) is 1.58. The minimum absolute atomic E-state index is 0.257. The number of aryl methyl sites for hydroxylation is 1. The molecule has 29 heavy (non-hydrogen) atoms. The Balaban J connectivity index is 2.21. The van der Waals surface area contributed by atoms with Gasteiger partial charge in [-0.15, -0.1) is 0 Å². The van der Waals surface area contributed by atoms with Crippen molar-refractivity contribution in [2.45, 2.75) is 86.0 Å². The third kappa shape index (κ3) is 2.52. The van der Waals surface area contributed by atoms with Crippen LogP contribution in [0.4, 0.5) is 0 Å². The van der Waals surface area contributed by atoms with Crippen molar-refractivity contribution in [2.75, 3.05) is 0 Å². The maximum Gasteiger partial charge on any atom is 0.339 e. The number of hydrogen-bond donors (Lipinski definition) is 1. The first-order chi connectivity index (χ1) is 13.2. The van der Waals surface area contributed by atoms with Crippen LogP contribution in [0.5, 0.6) is 11.5 Å². The van der Waals surface area contributed by atoms with Crippen molar-refractivity contribution in [1.29, 1.82) is 0 Å². The molecule has 0 spiro atoms. The number of ether oxygens (including phenoxy) is 2. The van der Waals surface area contributed by atoms with E-state index in [-0.39, 0.29) is 11.5 Å². The van der Waals surface area contributed by atoms with Crippen LogP contribution in [0.25, 0.3) is 11.0 Å². The van der Waals surface area contributed by atoms with Crippen LogP contribution < -0.4 is 15.1 Å². The molecule has 4 rings (SSSR count). The van der Waals surface area contributed by atoms with Gasteiger partial charge in [0.2, 0.25) is 0 Å². The van der Waals surface area contributed by atoms with Gasteiger partial charge < -0.3 is 19.0 Å². The largest absolute Gasteiger partial charge is 0.486 e. The average molecular weight is 401 g/mol. The molecule has 2 atom stereocenters. The molecule has 0 saturated heterocycles. The first kappa shape index (κ1) is 20.3. The van der Waals surface area contributed by atoms with Gasteiger partial charge in [0.05, 0.1) is 17.1 Å². The zero-order valence-corrected chi connectivity index (χ0v) is 18.9. The molecule has 1 aromatic heterocycles. The Morgan fingerprint density at radius 3 is 2.21 bits per heavy atom. The van der Waals surface area contributed by atoms with Crippen molar-refractivity contribution >= 4 is 11.0 Å². The molecular weight excluding hydrogens is 368 g/mol. The molecule has 5 nitrogen and oxygen atoms in total. The van der Waals surface area contributed by atoms with Crippen LogP contribution in [-0.4, -0.2) is 16.3 Å². The summed E-state index contributed by atoms with van der Waals surface area (Å²) >= 11 is 0. The molecule has 1 aromatic carbocycles. The van der Waals surface area contributed by atoms with Gasteiger partial charge in [0.1, 0.15) is 22.7 Å². The quantitative estimate of drug-likeness (QED) is 0.631. The van der Waals surface area contributed by atoms with Gasteiger partial charge in [-0.2, -0.15) is 0 Å². The van der Waals surface area contributed by atoms with Crippen molar-refractivity contribution in [2.24, 2.45) is 11.3 Å². The zero-order valence-electron chi connectivity index (χ0n) is 18.9. The second-order valence-corrected chi connectivity index (χ2v) is 10.4. The minimum Gasteiger partial charge on any atom is -0.486 e. The Morgan fingerprint density at radius 2 is 1.59 bits per heavy atom. The van der Waals surface area contributed by atoms with E-state index in [4.69, 9.17) is 13.9 Å². The highest BCUT2D eigenvalue weighted by Gasteiger charge is 2.53. The molecule has 3 heterocycles. The molecule has 158 valence electrons. The molecule has 5 heteroatoms. The van der Waals surface area contributed by atoms with Crippen LogP contribution in [0.3, 0.4) is 0 Å². The highest BCUT2D eigenvalue weighted by Crippen LogP contribution is 2.58. The Labute approximate surface area is 172 Å². The van der Waals surface area contributed by atoms with Crippen molar-refractivity contribution in [3.63, 3.8) is 0 Å². The van der Waals surface area contributed by atoms with Gasteiger partial charge in [-0.05, 0) is 59.4 Å². The summed E-state index contributed by atoms with van der Waals surface area (Å²) < 4.78 is 18.8. The lowest BCUT2D eigenvalue weighted by Gasteiger charge is -2.50. The van der Waals surface area contributed by atoms with Crippen LogP contribution in [0, 0.1) is 25.2 Å². The molecule has 2 aliphatic rings. The van der Waals surface area contributed by atoms with Gasteiger partial charge in [0.15, 0.2) is 5.58 Å². The first-order valence-electron chi connectivity index (χ1n) is 10.4. The fourth-order valence-corrected chi connectivity index (χ4v) is 4.37. The summed E-state index contributed by atoms with van der Waals surface area (Å²) in [5, 5.41) is 12.2. The van der Waals surface area contributed by atoms with Crippen molar-refractivity contribution in [3.05, 3.63) is 32.7 Å². The Bertz CT molecular complexity index is 1090. The summed E-state index contributed by atoms with van der Waals surface area (Å²) in [7, 11) is 0. The number of fused-ring (bicyclic) bond motifs is 6. The third-order valence-electron chi connectivity index (χ3n) is 7.86. The third-order valence-corrected chi connectivity index (χ3v) is 7.86. The Morgan fingerprint density at radius 1 is 0.966 bits per heavy atom. The molecule has 0 aliphatic carbocycles. The SMILES string of the molecule is Cc1c(C)c2c3c(c4c(c2oc1=O)C(O)C(C)(C)C(C)(C)O4)CC(C)C(C)(C)O3. The van der Waals surface area contributed by atoms with Crippen LogP contribution >= 0.6 is 0 Å². The maximum atomic E-state index is 12.6. The number of rotatable bonds is 0. The molecule has 1 N–H and O–H groups in total. The standard InChI is InChI=1S/C24H32O5/c1-11-10-14-17(28-23(11,6)7)15-12(2)13(3)21(26)27-19(15)16-18(14)29-24(8,9)22(4,5)20(16)25/h11,20,25H,10H2,1-9H3. The summed E-state index contributed by atoms with van der Waals surface area (Å²) in [4.78, 5) is 12.6. The minimum atomic E-state index is -0.843. The molecular formula is C24H32O5. The van der Waals surface area contributed by atoms with Crippen molar-refractivity contribution in [3.8, 4) is 11.5 Å². The maximum absolute atomic E-state index is 12.6. The van der Waals surface area contributed by atoms with Gasteiger partial charge in [-0.1, -0.05) is 20.8 Å². The number of hydrogen-bond acceptors (Lipinski definition) is 5. The zero-order chi connectivity index (χ0) is 21.7. The van der Waals surface area contributed by atoms with E-state index in [1.807, 2.05) is 34.6 Å². The lowest BCUT2D eigenvalue weighted by Crippen LogP contribution is -2.51. The monoisotopic (exact) mass is 400 g/mol. The second-order valence-electron chi connectivity index (χ2n) is 10.4. The summed E-state index contributed by atoms with van der Waals surface area (Å²) in [6.45, 7) is 17.9. The van der Waals surface area contributed by atoms with Gasteiger partial charge in [-0.25, -0.2) is 4.79 Å². The lowest BCUT2D eigenvalue weighted by molar-refractivity contribution is -0.111. The molecule has 0 fully saturated rings. The molecule has 2 aliphatic heterocycles. The van der Waals surface area contributed by atoms with E-state index in [2.05, 4.69) is 20.8 Å². The van der Waals surface area contributed by atoms with Gasteiger partial charge in [-0.3, -0.25) is 0 Å².